The maximum Gasteiger partial charge on any atom is 0.210 e. The summed E-state index contributed by atoms with van der Waals surface area (Å²) in [6.45, 7) is 2.72. The molecule has 1 nitrogen and oxygen atoms in total. The summed E-state index contributed by atoms with van der Waals surface area (Å²) in [5, 5.41) is 4.09. The average Bonchev–Trinajstić information content (AvgIpc) is 1.69. The predicted molar refractivity (Wildman–Crippen MR) is 26.6 cm³/mol. The van der Waals surface area contributed by atoms with E-state index in [1.165, 1.54) is 12.8 Å². The van der Waals surface area contributed by atoms with Gasteiger partial charge < -0.3 is 5.11 Å². The molecule has 0 aliphatic heterocycles. The number of rotatable bonds is 4. The molecule has 1 heteroatoms. The molecule has 0 amide bonds. The average molecular weight is 89.2 g/mol. The van der Waals surface area contributed by atoms with E-state index in [1.807, 2.05) is 0 Å². The third kappa shape index (κ3) is 3.96. The minimum atomic E-state index is 0.591. The molecule has 38 valence electrons. The summed E-state index contributed by atoms with van der Waals surface area (Å²) in [5.41, 5.74) is 0. The normalized spacial score (nSPS) is 11.2. The standard InChI is InChI=1S/C5H12O/c1-2-3-4-5-6/h6H,2-5H2,1H3/i6D. The highest BCUT2D eigenvalue weighted by molar-refractivity contribution is 4.30. The Labute approximate surface area is 40.5 Å². The molecular weight excluding hydrogens is 76.1 g/mol. The van der Waals surface area contributed by atoms with Gasteiger partial charge in [-0.2, -0.15) is 0 Å². The van der Waals surface area contributed by atoms with Gasteiger partial charge in [0.15, 0.2) is 0 Å². The predicted octanol–water partition coefficient (Wildman–Crippen LogP) is 1.17. The lowest BCUT2D eigenvalue weighted by atomic mass is 10.3. The number of aliphatic hydroxyl groups excluding tert-OH is 1. The Morgan fingerprint density at radius 2 is 2.50 bits per heavy atom. The lowest BCUT2D eigenvalue weighted by Gasteiger charge is -1.85. The van der Waals surface area contributed by atoms with Gasteiger partial charge in [-0.1, -0.05) is 19.8 Å². The molecule has 0 rings (SSSR count). The van der Waals surface area contributed by atoms with E-state index in [4.69, 9.17) is 1.43 Å². The molecule has 0 fully saturated rings. The fraction of sp³-hybridized carbons (Fsp3) is 1.00. The number of hydrogen-bond donors (Lipinski definition) is 1. The van der Waals surface area contributed by atoms with Crippen LogP contribution in [0.4, 0.5) is 0 Å². The quantitative estimate of drug-likeness (QED) is 0.512. The van der Waals surface area contributed by atoms with Crippen molar-refractivity contribution in [3.8, 4) is 0 Å². The van der Waals surface area contributed by atoms with E-state index in [2.05, 4.69) is 12.0 Å². The van der Waals surface area contributed by atoms with Crippen molar-refractivity contribution in [2.75, 3.05) is 6.61 Å². The van der Waals surface area contributed by atoms with E-state index in [1.54, 1.807) is 0 Å². The summed E-state index contributed by atoms with van der Waals surface area (Å²) in [7, 11) is 0. The van der Waals surface area contributed by atoms with Gasteiger partial charge in [0.2, 0.25) is 1.43 Å². The fourth-order valence-corrected chi connectivity index (χ4v) is 0.352. The first-order valence-electron chi connectivity index (χ1n) is 2.90. The van der Waals surface area contributed by atoms with Crippen molar-refractivity contribution in [1.82, 2.24) is 0 Å². The maximum absolute atomic E-state index is 6.28. The molecular formula is C5H12O. The van der Waals surface area contributed by atoms with Crippen LogP contribution in [0, 0.1) is 0 Å². The third-order valence-corrected chi connectivity index (χ3v) is 0.748. The van der Waals surface area contributed by atoms with Crippen molar-refractivity contribution in [2.24, 2.45) is 0 Å². The number of hydrogen-bond acceptors (Lipinski definition) is 1. The summed E-state index contributed by atoms with van der Waals surface area (Å²) >= 11 is 0. The molecule has 0 saturated heterocycles. The third-order valence-electron chi connectivity index (χ3n) is 0.748. The van der Waals surface area contributed by atoms with Crippen molar-refractivity contribution >= 4 is 0 Å². The van der Waals surface area contributed by atoms with Gasteiger partial charge in [0.25, 0.3) is 0 Å². The van der Waals surface area contributed by atoms with Crippen molar-refractivity contribution in [3.05, 3.63) is 0 Å². The summed E-state index contributed by atoms with van der Waals surface area (Å²) in [4.78, 5) is 0. The van der Waals surface area contributed by atoms with Gasteiger partial charge in [-0.05, 0) is 6.42 Å². The molecule has 0 heterocycles. The van der Waals surface area contributed by atoms with Gasteiger partial charge >= 0.3 is 0 Å². The zero-order valence-corrected chi connectivity index (χ0v) is 4.24. The summed E-state index contributed by atoms with van der Waals surface area (Å²) in [5.74, 6) is 0. The topological polar surface area (TPSA) is 20.2 Å². The highest BCUT2D eigenvalue weighted by Crippen LogP contribution is 1.89. The Kier molecular flexibility index (Phi) is 3.41. The van der Waals surface area contributed by atoms with Crippen LogP contribution in [0.5, 0.6) is 0 Å². The van der Waals surface area contributed by atoms with Gasteiger partial charge in [0.05, 0.1) is 0 Å². The molecule has 0 unspecified atom stereocenters. The van der Waals surface area contributed by atoms with Gasteiger partial charge in [0, 0.05) is 6.61 Å². The Bertz CT molecular complexity index is 27.3. The first-order chi connectivity index (χ1) is 3.41. The Morgan fingerprint density at radius 3 is 3.00 bits per heavy atom. The second kappa shape index (κ2) is 4.96. The molecule has 0 aromatic heterocycles. The molecule has 0 spiro atoms. The van der Waals surface area contributed by atoms with Crippen molar-refractivity contribution in [3.63, 3.8) is 0 Å². The summed E-state index contributed by atoms with van der Waals surface area (Å²) in [6.07, 6.45) is 3.40. The van der Waals surface area contributed by atoms with Gasteiger partial charge in [0.1, 0.15) is 0 Å². The highest BCUT2D eigenvalue weighted by atomic mass is 16.2. The summed E-state index contributed by atoms with van der Waals surface area (Å²) in [6, 6.07) is 0. The molecule has 1 N–H and O–H groups in total. The van der Waals surface area contributed by atoms with Crippen molar-refractivity contribution < 1.29 is 5.11 Å². The van der Waals surface area contributed by atoms with Gasteiger partial charge in [-0.25, -0.2) is 0 Å². The largest absolute Gasteiger partial charge is 0.396 e. The lowest BCUT2D eigenvalue weighted by molar-refractivity contribution is 0.284. The molecule has 0 atom stereocenters. The van der Waals surface area contributed by atoms with Crippen molar-refractivity contribution in [2.45, 2.75) is 26.2 Å². The summed E-state index contributed by atoms with van der Waals surface area (Å²) < 4.78 is 6.28. The van der Waals surface area contributed by atoms with E-state index < -0.39 is 0 Å². The SMILES string of the molecule is [2H]OCCCCC. The first kappa shape index (κ1) is 4.13. The lowest BCUT2D eigenvalue weighted by Crippen LogP contribution is -1.78. The zero-order valence-electron chi connectivity index (χ0n) is 5.24. The molecule has 0 aliphatic rings. The van der Waals surface area contributed by atoms with Gasteiger partial charge in [-0.3, -0.25) is 0 Å². The van der Waals surface area contributed by atoms with Crippen LogP contribution in [0.1, 0.15) is 26.2 Å². The smallest absolute Gasteiger partial charge is 0.210 e. The van der Waals surface area contributed by atoms with E-state index in [0.717, 1.165) is 6.42 Å². The minimum absolute atomic E-state index is 0.591. The van der Waals surface area contributed by atoms with E-state index in [0.29, 0.717) is 6.61 Å². The van der Waals surface area contributed by atoms with Crippen LogP contribution < -0.4 is 0 Å². The molecule has 0 radical (unpaired) electrons. The minimum Gasteiger partial charge on any atom is -0.396 e. The molecule has 0 saturated carbocycles. The monoisotopic (exact) mass is 89.1 g/mol. The molecule has 6 heavy (non-hydrogen) atoms. The van der Waals surface area contributed by atoms with Gasteiger partial charge in [-0.15, -0.1) is 0 Å². The maximum atomic E-state index is 6.28. The molecule has 0 bridgehead atoms. The van der Waals surface area contributed by atoms with Crippen LogP contribution in [0.15, 0.2) is 0 Å². The van der Waals surface area contributed by atoms with Crippen LogP contribution in [0.25, 0.3) is 0 Å². The Balaban J connectivity index is 2.45. The molecule has 0 aromatic rings. The highest BCUT2D eigenvalue weighted by Gasteiger charge is 1.76. The molecule has 0 aliphatic carbocycles. The van der Waals surface area contributed by atoms with E-state index in [-0.39, 0.29) is 0 Å². The second-order valence-corrected chi connectivity index (χ2v) is 1.41. The van der Waals surface area contributed by atoms with Crippen LogP contribution in [-0.4, -0.2) is 13.1 Å². The number of unbranched alkanes of at least 4 members (excludes halogenated alkanes) is 2. The fourth-order valence-electron chi connectivity index (χ4n) is 0.352. The second-order valence-electron chi connectivity index (χ2n) is 1.41. The van der Waals surface area contributed by atoms with E-state index >= 15 is 0 Å². The Hall–Kier alpha value is -0.0400. The van der Waals surface area contributed by atoms with Crippen LogP contribution >= 0.6 is 0 Å². The van der Waals surface area contributed by atoms with Crippen LogP contribution in [0.3, 0.4) is 0 Å². The van der Waals surface area contributed by atoms with Crippen LogP contribution in [0.2, 0.25) is 0 Å². The Morgan fingerprint density at radius 1 is 1.67 bits per heavy atom. The van der Waals surface area contributed by atoms with Crippen molar-refractivity contribution in [1.29, 1.82) is 1.43 Å². The molecule has 0 aromatic carbocycles. The number of aliphatic hydroxyl groups is 1. The zero-order chi connectivity index (χ0) is 5.54. The van der Waals surface area contributed by atoms with Crippen LogP contribution in [-0.2, 0) is 0 Å². The van der Waals surface area contributed by atoms with E-state index in [9.17, 15) is 0 Å². The first-order valence-corrected chi connectivity index (χ1v) is 2.50.